The molecule has 1 aromatic carbocycles. The van der Waals surface area contributed by atoms with Gasteiger partial charge in [0.05, 0.1) is 7.11 Å². The molecule has 0 fully saturated rings. The second-order valence-electron chi connectivity index (χ2n) is 4.42. The minimum atomic E-state index is -0.189. The Bertz CT molecular complexity index is 550. The molecule has 2 rings (SSSR count). The summed E-state index contributed by atoms with van der Waals surface area (Å²) in [4.78, 5) is 4.40. The van der Waals surface area contributed by atoms with Gasteiger partial charge in [-0.05, 0) is 25.5 Å². The molecule has 0 bridgehead atoms. The van der Waals surface area contributed by atoms with Gasteiger partial charge in [-0.2, -0.15) is 0 Å². The summed E-state index contributed by atoms with van der Waals surface area (Å²) in [7, 11) is 1.66. The van der Waals surface area contributed by atoms with E-state index in [9.17, 15) is 0 Å². The molecule has 0 aliphatic heterocycles. The number of nitrogens with one attached hydrogen (secondary N) is 1. The molecule has 5 heteroatoms. The molecule has 0 radical (unpaired) electrons. The number of ether oxygens (including phenoxy) is 1. The number of rotatable bonds is 5. The number of aromatic nitrogens is 2. The first kappa shape index (κ1) is 13.6. The fourth-order valence-electron chi connectivity index (χ4n) is 2.21. The van der Waals surface area contributed by atoms with Crippen molar-refractivity contribution in [3.63, 3.8) is 0 Å². The van der Waals surface area contributed by atoms with Crippen molar-refractivity contribution in [2.45, 2.75) is 26.4 Å². The lowest BCUT2D eigenvalue weighted by Crippen LogP contribution is -2.31. The molecule has 1 atom stereocenters. The summed E-state index contributed by atoms with van der Waals surface area (Å²) >= 11 is 0. The van der Waals surface area contributed by atoms with Crippen LogP contribution in [0.25, 0.3) is 0 Å². The molecule has 5 nitrogen and oxygen atoms in total. The van der Waals surface area contributed by atoms with E-state index in [1.54, 1.807) is 13.3 Å². The number of hydrogen-bond donors (Lipinski definition) is 2. The summed E-state index contributed by atoms with van der Waals surface area (Å²) in [5.74, 6) is 7.42. The van der Waals surface area contributed by atoms with E-state index in [1.165, 1.54) is 0 Å². The number of aryl methyl sites for hydroxylation is 2. The van der Waals surface area contributed by atoms with E-state index in [1.807, 2.05) is 31.3 Å². The summed E-state index contributed by atoms with van der Waals surface area (Å²) in [5.41, 5.74) is 4.96. The number of hydrazine groups is 1. The van der Waals surface area contributed by atoms with Gasteiger partial charge in [0.25, 0.3) is 0 Å². The third kappa shape index (κ3) is 2.62. The second kappa shape index (κ2) is 5.86. The maximum Gasteiger partial charge on any atom is 0.131 e. The third-order valence-corrected chi connectivity index (χ3v) is 3.21. The monoisotopic (exact) mass is 260 g/mol. The first-order valence-corrected chi connectivity index (χ1v) is 6.33. The molecule has 2 aromatic rings. The minimum Gasteiger partial charge on any atom is -0.496 e. The van der Waals surface area contributed by atoms with Crippen molar-refractivity contribution in [1.29, 1.82) is 0 Å². The van der Waals surface area contributed by atoms with Crippen molar-refractivity contribution in [2.24, 2.45) is 5.84 Å². The molecule has 1 aromatic heterocycles. The van der Waals surface area contributed by atoms with Crippen LogP contribution in [-0.2, 0) is 6.54 Å². The van der Waals surface area contributed by atoms with Crippen LogP contribution in [-0.4, -0.2) is 16.7 Å². The second-order valence-corrected chi connectivity index (χ2v) is 4.42. The number of nitrogens with two attached hydrogens (primary N) is 1. The van der Waals surface area contributed by atoms with Crippen molar-refractivity contribution in [3.8, 4) is 5.75 Å². The Morgan fingerprint density at radius 2 is 2.26 bits per heavy atom. The van der Waals surface area contributed by atoms with Gasteiger partial charge in [-0.25, -0.2) is 10.4 Å². The average Bonchev–Trinajstić information content (AvgIpc) is 2.89. The van der Waals surface area contributed by atoms with Gasteiger partial charge < -0.3 is 9.30 Å². The number of methoxy groups -OCH3 is 1. The third-order valence-electron chi connectivity index (χ3n) is 3.21. The fraction of sp³-hybridized carbons (Fsp3) is 0.357. The zero-order valence-electron chi connectivity index (χ0n) is 11.6. The smallest absolute Gasteiger partial charge is 0.131 e. The summed E-state index contributed by atoms with van der Waals surface area (Å²) in [5, 5.41) is 0. The van der Waals surface area contributed by atoms with E-state index in [4.69, 9.17) is 10.6 Å². The molecule has 1 unspecified atom stereocenters. The van der Waals surface area contributed by atoms with Crippen LogP contribution in [0.4, 0.5) is 0 Å². The van der Waals surface area contributed by atoms with Crippen molar-refractivity contribution < 1.29 is 4.74 Å². The molecule has 0 saturated heterocycles. The van der Waals surface area contributed by atoms with Gasteiger partial charge in [-0.15, -0.1) is 0 Å². The Kier molecular flexibility index (Phi) is 4.19. The summed E-state index contributed by atoms with van der Waals surface area (Å²) in [6.45, 7) is 4.96. The first-order valence-electron chi connectivity index (χ1n) is 6.33. The maximum atomic E-state index is 5.72. The van der Waals surface area contributed by atoms with Crippen molar-refractivity contribution in [3.05, 3.63) is 47.5 Å². The van der Waals surface area contributed by atoms with Gasteiger partial charge in [0, 0.05) is 24.5 Å². The van der Waals surface area contributed by atoms with Gasteiger partial charge in [0.1, 0.15) is 17.6 Å². The fourth-order valence-corrected chi connectivity index (χ4v) is 2.21. The normalized spacial score (nSPS) is 12.4. The largest absolute Gasteiger partial charge is 0.496 e. The Balaban J connectivity index is 2.48. The van der Waals surface area contributed by atoms with Crippen LogP contribution in [0.2, 0.25) is 0 Å². The zero-order chi connectivity index (χ0) is 13.8. The van der Waals surface area contributed by atoms with Gasteiger partial charge in [-0.3, -0.25) is 5.84 Å². The molecule has 0 amide bonds. The van der Waals surface area contributed by atoms with E-state index in [0.29, 0.717) is 0 Å². The number of hydrogen-bond acceptors (Lipinski definition) is 4. The van der Waals surface area contributed by atoms with Gasteiger partial charge in [0.15, 0.2) is 0 Å². The molecular formula is C14H20N4O. The molecule has 1 heterocycles. The topological polar surface area (TPSA) is 65.1 Å². The Morgan fingerprint density at radius 3 is 2.89 bits per heavy atom. The van der Waals surface area contributed by atoms with Gasteiger partial charge in [0.2, 0.25) is 0 Å². The molecule has 0 spiro atoms. The first-order chi connectivity index (χ1) is 9.21. The van der Waals surface area contributed by atoms with Crippen molar-refractivity contribution in [2.75, 3.05) is 7.11 Å². The Labute approximate surface area is 113 Å². The van der Waals surface area contributed by atoms with Crippen molar-refractivity contribution in [1.82, 2.24) is 15.0 Å². The van der Waals surface area contributed by atoms with Crippen LogP contribution in [0.3, 0.4) is 0 Å². The zero-order valence-corrected chi connectivity index (χ0v) is 11.6. The van der Waals surface area contributed by atoms with E-state index >= 15 is 0 Å². The van der Waals surface area contributed by atoms with Crippen LogP contribution in [0.1, 0.15) is 29.9 Å². The van der Waals surface area contributed by atoms with Crippen molar-refractivity contribution >= 4 is 0 Å². The molecule has 19 heavy (non-hydrogen) atoms. The molecule has 0 aliphatic carbocycles. The van der Waals surface area contributed by atoms with Crippen LogP contribution in [0.5, 0.6) is 5.75 Å². The number of imidazole rings is 1. The highest BCUT2D eigenvalue weighted by Crippen LogP contribution is 2.29. The lowest BCUT2D eigenvalue weighted by molar-refractivity contribution is 0.401. The van der Waals surface area contributed by atoms with Crippen LogP contribution >= 0.6 is 0 Å². The average molecular weight is 260 g/mol. The lowest BCUT2D eigenvalue weighted by Gasteiger charge is -2.20. The number of nitrogens with zero attached hydrogens (tertiary/aromatic N) is 2. The van der Waals surface area contributed by atoms with E-state index in [0.717, 1.165) is 29.2 Å². The van der Waals surface area contributed by atoms with E-state index < -0.39 is 0 Å². The highest BCUT2D eigenvalue weighted by Gasteiger charge is 2.21. The number of benzene rings is 1. The molecule has 0 saturated carbocycles. The molecule has 3 N–H and O–H groups in total. The molecular weight excluding hydrogens is 240 g/mol. The van der Waals surface area contributed by atoms with Crippen LogP contribution < -0.4 is 16.0 Å². The Hall–Kier alpha value is -1.85. The predicted octanol–water partition coefficient (Wildman–Crippen LogP) is 1.77. The highest BCUT2D eigenvalue weighted by atomic mass is 16.5. The van der Waals surface area contributed by atoms with Crippen LogP contribution in [0, 0.1) is 6.92 Å². The quantitative estimate of drug-likeness (QED) is 0.635. The SMILES string of the molecule is CCn1ccnc1C(NN)c1ccc(C)cc1OC. The predicted molar refractivity (Wildman–Crippen MR) is 74.8 cm³/mol. The highest BCUT2D eigenvalue weighted by molar-refractivity contribution is 5.41. The van der Waals surface area contributed by atoms with Crippen LogP contribution in [0.15, 0.2) is 30.6 Å². The van der Waals surface area contributed by atoms with E-state index in [-0.39, 0.29) is 6.04 Å². The lowest BCUT2D eigenvalue weighted by atomic mass is 10.0. The van der Waals surface area contributed by atoms with Gasteiger partial charge in [-0.1, -0.05) is 12.1 Å². The van der Waals surface area contributed by atoms with E-state index in [2.05, 4.69) is 21.9 Å². The maximum absolute atomic E-state index is 5.72. The molecule has 102 valence electrons. The summed E-state index contributed by atoms with van der Waals surface area (Å²) in [6, 6.07) is 5.87. The summed E-state index contributed by atoms with van der Waals surface area (Å²) in [6.07, 6.45) is 3.73. The molecule has 0 aliphatic rings. The van der Waals surface area contributed by atoms with Gasteiger partial charge >= 0.3 is 0 Å². The standard InChI is InChI=1S/C14H20N4O/c1-4-18-8-7-16-14(18)13(17-15)11-6-5-10(2)9-12(11)19-3/h5-9,13,17H,4,15H2,1-3H3. The minimum absolute atomic E-state index is 0.189. The summed E-state index contributed by atoms with van der Waals surface area (Å²) < 4.78 is 7.51. The Morgan fingerprint density at radius 1 is 1.47 bits per heavy atom.